The molecule has 2 aromatic rings. The van der Waals surface area contributed by atoms with Gasteiger partial charge < -0.3 is 34.5 Å². The number of amides is 3. The Bertz CT molecular complexity index is 1860. The highest BCUT2D eigenvalue weighted by Crippen LogP contribution is 2.21. The molecule has 0 fully saturated rings. The van der Waals surface area contributed by atoms with Crippen LogP contribution in [0.5, 0.6) is 5.75 Å². The molecule has 0 saturated heterocycles. The van der Waals surface area contributed by atoms with Gasteiger partial charge in [0.1, 0.15) is 28.6 Å². The van der Waals surface area contributed by atoms with Gasteiger partial charge in [-0.25, -0.2) is 19.2 Å². The summed E-state index contributed by atoms with van der Waals surface area (Å²) in [7, 11) is -5.02. The van der Waals surface area contributed by atoms with Gasteiger partial charge in [0.05, 0.1) is 18.5 Å². The van der Waals surface area contributed by atoms with Crippen molar-refractivity contribution in [3.8, 4) is 5.75 Å². The van der Waals surface area contributed by atoms with Crippen molar-refractivity contribution < 1.29 is 66.3 Å². The second kappa shape index (κ2) is 17.8. The first kappa shape index (κ1) is 44.4. The minimum atomic E-state index is -5.02. The van der Waals surface area contributed by atoms with E-state index in [0.29, 0.717) is 0 Å². The predicted molar refractivity (Wildman–Crippen MR) is 192 cm³/mol. The minimum absolute atomic E-state index is 0.0389. The van der Waals surface area contributed by atoms with Gasteiger partial charge in [0.2, 0.25) is 5.96 Å². The number of rotatable bonds is 11. The van der Waals surface area contributed by atoms with E-state index >= 15 is 0 Å². The number of aliphatic carboxylic acids is 2. The molecule has 2 rings (SSSR count). The molecule has 0 spiro atoms. The summed E-state index contributed by atoms with van der Waals surface area (Å²) < 4.78 is 49.4. The first-order chi connectivity index (χ1) is 24.6. The molecular formula is C34H45N5O14S. The summed E-state index contributed by atoms with van der Waals surface area (Å²) in [5.74, 6) is -4.67. The molecule has 54 heavy (non-hydrogen) atoms. The van der Waals surface area contributed by atoms with Gasteiger partial charge in [-0.1, -0.05) is 12.1 Å². The van der Waals surface area contributed by atoms with E-state index in [2.05, 4.69) is 15.6 Å². The summed E-state index contributed by atoms with van der Waals surface area (Å²) in [5, 5.41) is 23.5. The molecule has 0 aliphatic rings. The molecule has 1 unspecified atom stereocenters. The molecule has 5 N–H and O–H groups in total. The van der Waals surface area contributed by atoms with E-state index in [1.807, 2.05) is 0 Å². The number of hydrogen-bond donors (Lipinski definition) is 5. The number of nitrogens with zero attached hydrogens (tertiary/aromatic N) is 2. The molecule has 0 aliphatic heterocycles. The third-order valence-electron chi connectivity index (χ3n) is 5.89. The molecule has 0 saturated carbocycles. The number of esters is 1. The molecule has 0 radical (unpaired) electrons. The Hall–Kier alpha value is -5.76. The normalized spacial score (nSPS) is 12.8. The van der Waals surface area contributed by atoms with Crippen LogP contribution in [0.15, 0.2) is 53.5 Å². The lowest BCUT2D eigenvalue weighted by Gasteiger charge is -2.28. The summed E-state index contributed by atoms with van der Waals surface area (Å²) in [4.78, 5) is 77.3. The largest absolute Gasteiger partial charge is 0.481 e. The Kier molecular flexibility index (Phi) is 14.7. The van der Waals surface area contributed by atoms with Crippen LogP contribution in [-0.2, 0) is 40.6 Å². The van der Waals surface area contributed by atoms with Crippen LogP contribution >= 0.6 is 0 Å². The first-order valence-electron chi connectivity index (χ1n) is 16.1. The Labute approximate surface area is 312 Å². The number of carboxylic acids is 2. The monoisotopic (exact) mass is 779 g/mol. The number of nitrogens with one attached hydrogen (secondary N) is 3. The molecule has 0 heterocycles. The molecule has 0 bridgehead atoms. The van der Waals surface area contributed by atoms with Crippen molar-refractivity contribution in [2.45, 2.75) is 98.1 Å². The number of anilines is 1. The highest BCUT2D eigenvalue weighted by molar-refractivity contribution is 7.87. The minimum Gasteiger partial charge on any atom is -0.481 e. The quantitative estimate of drug-likeness (QED) is 0.0684. The zero-order valence-corrected chi connectivity index (χ0v) is 32.0. The van der Waals surface area contributed by atoms with Gasteiger partial charge in [-0.15, -0.1) is 4.99 Å². The lowest BCUT2D eigenvalue weighted by Crippen LogP contribution is -2.51. The molecule has 0 aliphatic carbocycles. The second-order valence-electron chi connectivity index (χ2n) is 14.4. The Balaban J connectivity index is 2.30. The predicted octanol–water partition coefficient (Wildman–Crippen LogP) is 4.63. The van der Waals surface area contributed by atoms with Gasteiger partial charge in [-0.05, 0) is 104 Å². The molecule has 19 nitrogen and oxygen atoms in total. The van der Waals surface area contributed by atoms with Gasteiger partial charge in [0.25, 0.3) is 0 Å². The standard InChI is InChI=1S/C34H45N5O14S/c1-32(2,3)51-29(45)36-28(37-30(46)52-33(4,5)6)35-22-15-13-21(14-16-22)27(44)50-23-12-10-11-20(17-23)19-39(31(47)53-34(7,8)9)54(48,49)38-24(26(42)43)18-25(40)41/h10-17,24,38H,18-19H2,1-9H3,(H,40,41)(H,42,43)(H2,35,36,37,45,46). The maximum absolute atomic E-state index is 13.2. The second-order valence-corrected chi connectivity index (χ2v) is 16.0. The summed E-state index contributed by atoms with van der Waals surface area (Å²) in [5.41, 5.74) is -2.50. The summed E-state index contributed by atoms with van der Waals surface area (Å²) in [6.45, 7) is 13.5. The van der Waals surface area contributed by atoms with Crippen molar-refractivity contribution in [2.75, 3.05) is 5.32 Å². The molecule has 20 heteroatoms. The van der Waals surface area contributed by atoms with Crippen LogP contribution < -0.4 is 20.1 Å². The third-order valence-corrected chi connectivity index (χ3v) is 7.33. The number of carbonyl (C=O) groups excluding carboxylic acids is 4. The van der Waals surface area contributed by atoms with Crippen molar-refractivity contribution in [3.63, 3.8) is 0 Å². The van der Waals surface area contributed by atoms with Gasteiger partial charge in [-0.2, -0.15) is 17.4 Å². The average Bonchev–Trinajstić information content (AvgIpc) is 2.96. The fraction of sp³-hybridized carbons (Fsp3) is 0.441. The van der Waals surface area contributed by atoms with E-state index in [0.717, 1.165) is 0 Å². The van der Waals surface area contributed by atoms with E-state index in [1.54, 1.807) is 46.3 Å². The lowest BCUT2D eigenvalue weighted by molar-refractivity contribution is -0.145. The van der Waals surface area contributed by atoms with Crippen molar-refractivity contribution in [3.05, 3.63) is 59.7 Å². The topological polar surface area (TPSA) is 266 Å². The molecule has 0 aromatic heterocycles. The van der Waals surface area contributed by atoms with E-state index < -0.39 is 82.2 Å². The van der Waals surface area contributed by atoms with Crippen LogP contribution in [0, 0.1) is 0 Å². The molecule has 1 atom stereocenters. The number of benzene rings is 2. The van der Waals surface area contributed by atoms with E-state index in [-0.39, 0.29) is 32.8 Å². The zero-order chi connectivity index (χ0) is 41.2. The van der Waals surface area contributed by atoms with E-state index in [4.69, 9.17) is 24.1 Å². The van der Waals surface area contributed by atoms with Gasteiger partial charge in [-0.3, -0.25) is 14.9 Å². The highest BCUT2D eigenvalue weighted by atomic mass is 32.2. The maximum atomic E-state index is 13.2. The Morgan fingerprint density at radius 2 is 1.39 bits per heavy atom. The van der Waals surface area contributed by atoms with Gasteiger partial charge in [0.15, 0.2) is 0 Å². The number of alkyl carbamates (subject to hydrolysis) is 1. The number of aliphatic imine (C=N–C) groups is 1. The fourth-order valence-corrected chi connectivity index (χ4v) is 5.11. The summed E-state index contributed by atoms with van der Waals surface area (Å²) >= 11 is 0. The fourth-order valence-electron chi connectivity index (χ4n) is 3.89. The smallest absolute Gasteiger partial charge is 0.437 e. The number of guanidine groups is 1. The summed E-state index contributed by atoms with van der Waals surface area (Å²) in [6, 6.07) is 8.82. The maximum Gasteiger partial charge on any atom is 0.437 e. The first-order valence-corrected chi connectivity index (χ1v) is 17.5. The average molecular weight is 780 g/mol. The van der Waals surface area contributed by atoms with Crippen LogP contribution in [0.4, 0.5) is 20.1 Å². The van der Waals surface area contributed by atoms with Gasteiger partial charge in [0, 0.05) is 5.69 Å². The Morgan fingerprint density at radius 1 is 0.815 bits per heavy atom. The van der Waals surface area contributed by atoms with Crippen LogP contribution in [-0.4, -0.2) is 87.9 Å². The molecule has 2 aromatic carbocycles. The SMILES string of the molecule is CC(C)(C)OC(=O)N=C(NC(=O)OC(C)(C)C)Nc1ccc(C(=O)Oc2cccc(CN(C(=O)OC(C)(C)C)S(=O)(=O)NC(CC(=O)O)C(=O)O)c2)cc1. The van der Waals surface area contributed by atoms with Crippen LogP contribution in [0.1, 0.15) is 84.7 Å². The zero-order valence-electron chi connectivity index (χ0n) is 31.2. The van der Waals surface area contributed by atoms with Crippen LogP contribution in [0.25, 0.3) is 0 Å². The van der Waals surface area contributed by atoms with Crippen molar-refractivity contribution in [1.82, 2.24) is 14.3 Å². The third kappa shape index (κ3) is 16.3. The van der Waals surface area contributed by atoms with E-state index in [9.17, 15) is 42.3 Å². The number of ether oxygens (including phenoxy) is 4. The number of carbonyl (C=O) groups is 6. The van der Waals surface area contributed by atoms with Crippen molar-refractivity contribution in [2.24, 2.45) is 4.99 Å². The summed E-state index contributed by atoms with van der Waals surface area (Å²) in [6.07, 6.45) is -4.44. The van der Waals surface area contributed by atoms with Crippen molar-refractivity contribution >= 4 is 58.0 Å². The van der Waals surface area contributed by atoms with E-state index in [1.165, 1.54) is 69.3 Å². The number of carboxylic acid groups (broad SMARTS) is 2. The molecule has 296 valence electrons. The highest BCUT2D eigenvalue weighted by Gasteiger charge is 2.36. The van der Waals surface area contributed by atoms with Gasteiger partial charge >= 0.3 is 46.4 Å². The van der Waals surface area contributed by atoms with Crippen molar-refractivity contribution in [1.29, 1.82) is 0 Å². The molecule has 3 amide bonds. The molecular weight excluding hydrogens is 734 g/mol. The van der Waals surface area contributed by atoms with Crippen LogP contribution in [0.3, 0.4) is 0 Å². The number of hydrogen-bond acceptors (Lipinski definition) is 12. The van der Waals surface area contributed by atoms with Crippen LogP contribution in [0.2, 0.25) is 0 Å². The lowest BCUT2D eigenvalue weighted by atomic mass is 10.2. The Morgan fingerprint density at radius 3 is 1.91 bits per heavy atom.